The van der Waals surface area contributed by atoms with Crippen LogP contribution in [0.2, 0.25) is 0 Å². The first-order chi connectivity index (χ1) is 8.30. The van der Waals surface area contributed by atoms with E-state index in [-0.39, 0.29) is 6.29 Å². The maximum absolute atomic E-state index is 5.80. The van der Waals surface area contributed by atoms with Gasteiger partial charge < -0.3 is 9.47 Å². The standard InChI is InChI=1S/C15H22O2/c1-4-7-15(16-12-5-2)17-14-10-8-13(6-3)9-11-14/h6,8-11,15H,3-5,7,12H2,1-2H3. The van der Waals surface area contributed by atoms with Crippen molar-refractivity contribution in [3.8, 4) is 5.75 Å². The molecule has 0 radical (unpaired) electrons. The van der Waals surface area contributed by atoms with E-state index in [9.17, 15) is 0 Å². The molecule has 0 bridgehead atoms. The van der Waals surface area contributed by atoms with Gasteiger partial charge in [0.1, 0.15) is 5.75 Å². The second kappa shape index (κ2) is 7.91. The SMILES string of the molecule is C=Cc1ccc(OC(CCC)OCCC)cc1. The summed E-state index contributed by atoms with van der Waals surface area (Å²) in [6.07, 6.45) is 4.68. The molecular weight excluding hydrogens is 212 g/mol. The maximum Gasteiger partial charge on any atom is 0.199 e. The number of hydrogen-bond acceptors (Lipinski definition) is 2. The highest BCUT2D eigenvalue weighted by atomic mass is 16.7. The van der Waals surface area contributed by atoms with Gasteiger partial charge in [0.2, 0.25) is 0 Å². The highest BCUT2D eigenvalue weighted by molar-refractivity contribution is 5.48. The molecule has 0 saturated carbocycles. The molecule has 0 spiro atoms. The van der Waals surface area contributed by atoms with Gasteiger partial charge in [0.15, 0.2) is 6.29 Å². The van der Waals surface area contributed by atoms with Crippen molar-refractivity contribution in [1.82, 2.24) is 0 Å². The third-order valence-electron chi connectivity index (χ3n) is 2.42. The molecule has 0 aromatic heterocycles. The van der Waals surface area contributed by atoms with Gasteiger partial charge in [-0.15, -0.1) is 0 Å². The zero-order valence-corrected chi connectivity index (χ0v) is 10.8. The van der Waals surface area contributed by atoms with Crippen LogP contribution in [0.25, 0.3) is 6.08 Å². The molecule has 1 aromatic rings. The molecule has 0 aliphatic carbocycles. The van der Waals surface area contributed by atoms with E-state index in [2.05, 4.69) is 20.4 Å². The van der Waals surface area contributed by atoms with Crippen molar-refractivity contribution in [3.05, 3.63) is 36.4 Å². The van der Waals surface area contributed by atoms with Crippen LogP contribution in [0, 0.1) is 0 Å². The Hall–Kier alpha value is -1.28. The van der Waals surface area contributed by atoms with Crippen LogP contribution >= 0.6 is 0 Å². The summed E-state index contributed by atoms with van der Waals surface area (Å²) in [5.74, 6) is 0.852. The summed E-state index contributed by atoms with van der Waals surface area (Å²) in [5.41, 5.74) is 1.10. The Morgan fingerprint density at radius 2 is 1.88 bits per heavy atom. The van der Waals surface area contributed by atoms with Crippen LogP contribution < -0.4 is 4.74 Å². The molecule has 94 valence electrons. The van der Waals surface area contributed by atoms with Crippen LogP contribution in [0.4, 0.5) is 0 Å². The van der Waals surface area contributed by atoms with Gasteiger partial charge in [0, 0.05) is 6.42 Å². The van der Waals surface area contributed by atoms with E-state index in [1.807, 2.05) is 30.3 Å². The lowest BCUT2D eigenvalue weighted by Crippen LogP contribution is -2.20. The molecule has 0 heterocycles. The normalized spacial score (nSPS) is 12.1. The fourth-order valence-electron chi connectivity index (χ4n) is 1.50. The second-order valence-corrected chi connectivity index (χ2v) is 3.98. The highest BCUT2D eigenvalue weighted by Gasteiger charge is 2.08. The van der Waals surface area contributed by atoms with Crippen molar-refractivity contribution in [1.29, 1.82) is 0 Å². The van der Waals surface area contributed by atoms with Crippen molar-refractivity contribution < 1.29 is 9.47 Å². The summed E-state index contributed by atoms with van der Waals surface area (Å²) >= 11 is 0. The molecule has 1 atom stereocenters. The lowest BCUT2D eigenvalue weighted by Gasteiger charge is -2.18. The zero-order chi connectivity index (χ0) is 12.5. The van der Waals surface area contributed by atoms with E-state index in [0.29, 0.717) is 0 Å². The monoisotopic (exact) mass is 234 g/mol. The van der Waals surface area contributed by atoms with Gasteiger partial charge in [-0.2, -0.15) is 0 Å². The van der Waals surface area contributed by atoms with E-state index in [0.717, 1.165) is 37.2 Å². The van der Waals surface area contributed by atoms with E-state index in [1.54, 1.807) is 0 Å². The molecular formula is C15H22O2. The average molecular weight is 234 g/mol. The van der Waals surface area contributed by atoms with Crippen molar-refractivity contribution in [2.45, 2.75) is 39.4 Å². The van der Waals surface area contributed by atoms with Crippen molar-refractivity contribution in [2.24, 2.45) is 0 Å². The Bertz CT molecular complexity index is 316. The quantitative estimate of drug-likeness (QED) is 0.626. The first-order valence-electron chi connectivity index (χ1n) is 6.30. The van der Waals surface area contributed by atoms with Crippen LogP contribution in [-0.4, -0.2) is 12.9 Å². The van der Waals surface area contributed by atoms with Gasteiger partial charge in [-0.05, 0) is 24.1 Å². The summed E-state index contributed by atoms with van der Waals surface area (Å²) in [6.45, 7) is 8.70. The lowest BCUT2D eigenvalue weighted by atomic mass is 10.2. The van der Waals surface area contributed by atoms with Gasteiger partial charge in [-0.25, -0.2) is 0 Å². The Morgan fingerprint density at radius 1 is 1.18 bits per heavy atom. The highest BCUT2D eigenvalue weighted by Crippen LogP contribution is 2.16. The molecule has 0 N–H and O–H groups in total. The molecule has 2 heteroatoms. The van der Waals surface area contributed by atoms with E-state index >= 15 is 0 Å². The fraction of sp³-hybridized carbons (Fsp3) is 0.467. The van der Waals surface area contributed by atoms with Crippen molar-refractivity contribution >= 4 is 6.08 Å². The van der Waals surface area contributed by atoms with Crippen molar-refractivity contribution in [2.75, 3.05) is 6.61 Å². The average Bonchev–Trinajstić information content (AvgIpc) is 2.37. The maximum atomic E-state index is 5.80. The largest absolute Gasteiger partial charge is 0.465 e. The third kappa shape index (κ3) is 5.05. The molecule has 1 aromatic carbocycles. The summed E-state index contributed by atoms with van der Waals surface area (Å²) < 4.78 is 11.4. The minimum Gasteiger partial charge on any atom is -0.465 e. The number of ether oxygens (including phenoxy) is 2. The van der Waals surface area contributed by atoms with Crippen LogP contribution in [0.1, 0.15) is 38.7 Å². The Balaban J connectivity index is 2.54. The summed E-state index contributed by atoms with van der Waals surface area (Å²) in [4.78, 5) is 0. The van der Waals surface area contributed by atoms with Crippen LogP contribution in [-0.2, 0) is 4.74 Å². The molecule has 0 aliphatic rings. The molecule has 0 amide bonds. The lowest BCUT2D eigenvalue weighted by molar-refractivity contribution is -0.0844. The third-order valence-corrected chi connectivity index (χ3v) is 2.42. The van der Waals surface area contributed by atoms with Gasteiger partial charge in [0.05, 0.1) is 6.61 Å². The predicted octanol–water partition coefficient (Wildman–Crippen LogP) is 4.26. The van der Waals surface area contributed by atoms with Gasteiger partial charge >= 0.3 is 0 Å². The van der Waals surface area contributed by atoms with Gasteiger partial charge in [0.25, 0.3) is 0 Å². The Labute approximate surface area is 104 Å². The molecule has 0 saturated heterocycles. The molecule has 1 unspecified atom stereocenters. The van der Waals surface area contributed by atoms with Crippen LogP contribution in [0.3, 0.4) is 0 Å². The summed E-state index contributed by atoms with van der Waals surface area (Å²) in [5, 5.41) is 0. The van der Waals surface area contributed by atoms with Crippen LogP contribution in [0.5, 0.6) is 5.75 Å². The first-order valence-corrected chi connectivity index (χ1v) is 6.30. The van der Waals surface area contributed by atoms with E-state index < -0.39 is 0 Å². The zero-order valence-electron chi connectivity index (χ0n) is 10.8. The predicted molar refractivity (Wildman–Crippen MR) is 72.1 cm³/mol. The smallest absolute Gasteiger partial charge is 0.199 e. The number of benzene rings is 1. The van der Waals surface area contributed by atoms with Crippen LogP contribution in [0.15, 0.2) is 30.8 Å². The van der Waals surface area contributed by atoms with Gasteiger partial charge in [-0.1, -0.05) is 45.1 Å². The molecule has 2 nitrogen and oxygen atoms in total. The molecule has 1 rings (SSSR count). The molecule has 0 aliphatic heterocycles. The second-order valence-electron chi connectivity index (χ2n) is 3.98. The number of rotatable bonds is 8. The van der Waals surface area contributed by atoms with Gasteiger partial charge in [-0.3, -0.25) is 0 Å². The van der Waals surface area contributed by atoms with E-state index in [4.69, 9.17) is 9.47 Å². The Kier molecular flexibility index (Phi) is 6.41. The first kappa shape index (κ1) is 13.8. The topological polar surface area (TPSA) is 18.5 Å². The molecule has 0 fully saturated rings. The Morgan fingerprint density at radius 3 is 2.41 bits per heavy atom. The molecule has 17 heavy (non-hydrogen) atoms. The minimum atomic E-state index is -0.130. The summed E-state index contributed by atoms with van der Waals surface area (Å²) in [7, 11) is 0. The van der Waals surface area contributed by atoms with Crippen molar-refractivity contribution in [3.63, 3.8) is 0 Å². The minimum absolute atomic E-state index is 0.130. The summed E-state index contributed by atoms with van der Waals surface area (Å²) in [6, 6.07) is 7.89. The fourth-order valence-corrected chi connectivity index (χ4v) is 1.50. The van der Waals surface area contributed by atoms with E-state index in [1.165, 1.54) is 0 Å². The number of hydrogen-bond donors (Lipinski definition) is 0.